The molecule has 0 unspecified atom stereocenters. The molecule has 0 aliphatic heterocycles. The average Bonchev–Trinajstić information content (AvgIpc) is 2.30. The van der Waals surface area contributed by atoms with Gasteiger partial charge in [-0.25, -0.2) is 0 Å². The molecule has 0 N–H and O–H groups in total. The summed E-state index contributed by atoms with van der Waals surface area (Å²) in [6.07, 6.45) is 3.66. The molecule has 1 aromatic carbocycles. The Morgan fingerprint density at radius 3 is 2.64 bits per heavy atom. The second-order valence-electron chi connectivity index (χ2n) is 3.06. The van der Waals surface area contributed by atoms with E-state index in [4.69, 9.17) is 0 Å². The molecule has 2 aromatic rings. The van der Waals surface area contributed by atoms with Gasteiger partial charge < -0.3 is 0 Å². The lowest BCUT2D eigenvalue weighted by Crippen LogP contribution is -1.85. The third-order valence-electron chi connectivity index (χ3n) is 2.16. The van der Waals surface area contributed by atoms with Crippen molar-refractivity contribution in [3.05, 3.63) is 54.4 Å². The summed E-state index contributed by atoms with van der Waals surface area (Å²) in [7, 11) is 0. The van der Waals surface area contributed by atoms with Crippen LogP contribution in [-0.2, 0) is 5.75 Å². The molecule has 2 heteroatoms. The largest absolute Gasteiger partial charge is 0.264 e. The molecule has 2 rings (SSSR count). The smallest absolute Gasteiger partial charge is 0.0346 e. The molecule has 0 radical (unpaired) electrons. The Labute approximate surface area is 89.2 Å². The zero-order chi connectivity index (χ0) is 9.80. The Bertz CT molecular complexity index is 412. The molecule has 0 saturated heterocycles. The number of benzene rings is 1. The van der Waals surface area contributed by atoms with Crippen LogP contribution in [0.15, 0.2) is 48.8 Å². The minimum atomic E-state index is 0.755. The van der Waals surface area contributed by atoms with Gasteiger partial charge in [0.05, 0.1) is 0 Å². The number of hydrogen-bond acceptors (Lipinski definition) is 2. The molecular formula is C12H11NS. The maximum Gasteiger partial charge on any atom is 0.0346 e. The maximum absolute atomic E-state index is 4.31. The fourth-order valence-electron chi connectivity index (χ4n) is 1.46. The molecule has 0 saturated carbocycles. The quantitative estimate of drug-likeness (QED) is 0.736. The first-order valence-electron chi connectivity index (χ1n) is 4.51. The highest BCUT2D eigenvalue weighted by Gasteiger charge is 2.01. The summed E-state index contributed by atoms with van der Waals surface area (Å²) in [5, 5.41) is 0. The van der Waals surface area contributed by atoms with E-state index in [9.17, 15) is 0 Å². The molecule has 0 amide bonds. The van der Waals surface area contributed by atoms with Crippen molar-refractivity contribution in [2.24, 2.45) is 0 Å². The first kappa shape index (κ1) is 9.28. The van der Waals surface area contributed by atoms with Gasteiger partial charge in [-0.15, -0.1) is 0 Å². The van der Waals surface area contributed by atoms with Gasteiger partial charge in [0.1, 0.15) is 0 Å². The highest BCUT2D eigenvalue weighted by atomic mass is 32.1. The average molecular weight is 201 g/mol. The lowest BCUT2D eigenvalue weighted by Gasteiger charge is -2.06. The lowest BCUT2D eigenvalue weighted by molar-refractivity contribution is 1.32. The van der Waals surface area contributed by atoms with Gasteiger partial charge in [0.2, 0.25) is 0 Å². The van der Waals surface area contributed by atoms with Crippen LogP contribution in [0.4, 0.5) is 0 Å². The standard InChI is InChI=1S/C12H11NS/c14-9-11-4-1-2-6-12(11)10-5-3-7-13-8-10/h1-8,14H,9H2. The van der Waals surface area contributed by atoms with Crippen molar-refractivity contribution in [2.75, 3.05) is 0 Å². The van der Waals surface area contributed by atoms with E-state index in [0.29, 0.717) is 0 Å². The van der Waals surface area contributed by atoms with Crippen LogP contribution in [0.25, 0.3) is 11.1 Å². The molecule has 0 spiro atoms. The summed E-state index contributed by atoms with van der Waals surface area (Å²) >= 11 is 4.31. The summed E-state index contributed by atoms with van der Waals surface area (Å²) < 4.78 is 0. The molecule has 0 atom stereocenters. The first-order valence-corrected chi connectivity index (χ1v) is 5.14. The monoisotopic (exact) mass is 201 g/mol. The summed E-state index contributed by atoms with van der Waals surface area (Å²) in [4.78, 5) is 4.11. The van der Waals surface area contributed by atoms with E-state index < -0.39 is 0 Å². The highest BCUT2D eigenvalue weighted by Crippen LogP contribution is 2.23. The van der Waals surface area contributed by atoms with E-state index in [2.05, 4.69) is 35.8 Å². The van der Waals surface area contributed by atoms with Crippen molar-refractivity contribution in [3.63, 3.8) is 0 Å². The Morgan fingerprint density at radius 2 is 1.93 bits per heavy atom. The van der Waals surface area contributed by atoms with Gasteiger partial charge in [-0.2, -0.15) is 12.6 Å². The van der Waals surface area contributed by atoms with E-state index in [1.807, 2.05) is 24.4 Å². The first-order chi connectivity index (χ1) is 6.92. The van der Waals surface area contributed by atoms with Crippen molar-refractivity contribution in [2.45, 2.75) is 5.75 Å². The minimum absolute atomic E-state index is 0.755. The van der Waals surface area contributed by atoms with Gasteiger partial charge in [0.25, 0.3) is 0 Å². The van der Waals surface area contributed by atoms with Crippen LogP contribution in [0.5, 0.6) is 0 Å². The van der Waals surface area contributed by atoms with E-state index in [1.54, 1.807) is 6.20 Å². The third kappa shape index (κ3) is 1.80. The predicted octanol–water partition coefficient (Wildman–Crippen LogP) is 3.18. The van der Waals surface area contributed by atoms with Crippen LogP contribution in [-0.4, -0.2) is 4.98 Å². The van der Waals surface area contributed by atoms with Gasteiger partial charge in [-0.1, -0.05) is 30.3 Å². The number of hydrogen-bond donors (Lipinski definition) is 1. The molecule has 1 heterocycles. The fraction of sp³-hybridized carbons (Fsp3) is 0.0833. The Balaban J connectivity index is 2.51. The Morgan fingerprint density at radius 1 is 1.07 bits per heavy atom. The Hall–Kier alpha value is -1.28. The Kier molecular flexibility index (Phi) is 2.84. The minimum Gasteiger partial charge on any atom is -0.264 e. The molecule has 70 valence electrons. The van der Waals surface area contributed by atoms with Gasteiger partial charge >= 0.3 is 0 Å². The molecule has 0 bridgehead atoms. The van der Waals surface area contributed by atoms with Gasteiger partial charge in [0.15, 0.2) is 0 Å². The number of nitrogens with zero attached hydrogens (tertiary/aromatic N) is 1. The van der Waals surface area contributed by atoms with Crippen molar-refractivity contribution in [3.8, 4) is 11.1 Å². The highest BCUT2D eigenvalue weighted by molar-refractivity contribution is 7.79. The van der Waals surface area contributed by atoms with E-state index in [-0.39, 0.29) is 0 Å². The normalized spacial score (nSPS) is 10.1. The zero-order valence-electron chi connectivity index (χ0n) is 7.72. The van der Waals surface area contributed by atoms with Crippen LogP contribution in [0.1, 0.15) is 5.56 Å². The molecule has 14 heavy (non-hydrogen) atoms. The molecule has 0 fully saturated rings. The molecule has 1 aromatic heterocycles. The van der Waals surface area contributed by atoms with Crippen molar-refractivity contribution >= 4 is 12.6 Å². The molecule has 1 nitrogen and oxygen atoms in total. The second kappa shape index (κ2) is 4.29. The van der Waals surface area contributed by atoms with Gasteiger partial charge in [0, 0.05) is 23.7 Å². The number of rotatable bonds is 2. The summed E-state index contributed by atoms with van der Waals surface area (Å²) in [6.45, 7) is 0. The van der Waals surface area contributed by atoms with Gasteiger partial charge in [-0.05, 0) is 17.2 Å². The summed E-state index contributed by atoms with van der Waals surface area (Å²) in [5.41, 5.74) is 3.61. The SMILES string of the molecule is SCc1ccccc1-c1cccnc1. The number of aromatic nitrogens is 1. The zero-order valence-corrected chi connectivity index (χ0v) is 8.61. The van der Waals surface area contributed by atoms with Crippen LogP contribution < -0.4 is 0 Å². The van der Waals surface area contributed by atoms with Crippen LogP contribution >= 0.6 is 12.6 Å². The van der Waals surface area contributed by atoms with E-state index in [1.165, 1.54) is 11.1 Å². The van der Waals surface area contributed by atoms with Crippen LogP contribution in [0.3, 0.4) is 0 Å². The van der Waals surface area contributed by atoms with E-state index in [0.717, 1.165) is 11.3 Å². The predicted molar refractivity (Wildman–Crippen MR) is 62.4 cm³/mol. The maximum atomic E-state index is 4.31. The topological polar surface area (TPSA) is 12.9 Å². The number of pyridine rings is 1. The molecular weight excluding hydrogens is 190 g/mol. The third-order valence-corrected chi connectivity index (χ3v) is 2.50. The summed E-state index contributed by atoms with van der Waals surface area (Å²) in [6, 6.07) is 12.3. The molecule has 0 aliphatic carbocycles. The van der Waals surface area contributed by atoms with Crippen LogP contribution in [0.2, 0.25) is 0 Å². The fourth-order valence-corrected chi connectivity index (χ4v) is 1.74. The van der Waals surface area contributed by atoms with E-state index >= 15 is 0 Å². The van der Waals surface area contributed by atoms with Crippen molar-refractivity contribution in [1.29, 1.82) is 0 Å². The van der Waals surface area contributed by atoms with Gasteiger partial charge in [-0.3, -0.25) is 4.98 Å². The van der Waals surface area contributed by atoms with Crippen molar-refractivity contribution < 1.29 is 0 Å². The van der Waals surface area contributed by atoms with Crippen molar-refractivity contribution in [1.82, 2.24) is 4.98 Å². The summed E-state index contributed by atoms with van der Waals surface area (Å²) in [5.74, 6) is 0.755. The molecule has 0 aliphatic rings. The lowest BCUT2D eigenvalue weighted by atomic mass is 10.0. The van der Waals surface area contributed by atoms with Crippen LogP contribution in [0, 0.1) is 0 Å². The number of thiol groups is 1. The second-order valence-corrected chi connectivity index (χ2v) is 3.37.